The zero-order valence-electron chi connectivity index (χ0n) is 18.4. The Hall–Kier alpha value is -4.21. The Morgan fingerprint density at radius 1 is 1.06 bits per heavy atom. The fraction of sp³-hybridized carbons (Fsp3) is 0.111. The molecule has 3 aromatic carbocycles. The summed E-state index contributed by atoms with van der Waals surface area (Å²) in [6.07, 6.45) is 0. The number of aromatic nitrogens is 2. The first-order valence-electron chi connectivity index (χ1n) is 10.7. The predicted molar refractivity (Wildman–Crippen MR) is 130 cm³/mol. The van der Waals surface area contributed by atoms with Crippen molar-refractivity contribution in [1.82, 2.24) is 10.2 Å². The van der Waals surface area contributed by atoms with Gasteiger partial charge in [0.15, 0.2) is 0 Å². The molecule has 0 bridgehead atoms. The second-order valence-corrected chi connectivity index (χ2v) is 8.53. The molecule has 6 nitrogen and oxygen atoms in total. The molecule has 0 fully saturated rings. The van der Waals surface area contributed by atoms with Crippen LogP contribution >= 0.6 is 11.6 Å². The number of aromatic amines is 1. The molecule has 1 aliphatic rings. The summed E-state index contributed by atoms with van der Waals surface area (Å²) in [5.41, 5.74) is 12.0. The molecule has 5 rings (SSSR count). The van der Waals surface area contributed by atoms with E-state index in [2.05, 4.69) is 47.5 Å². The van der Waals surface area contributed by atoms with E-state index >= 15 is 0 Å². The van der Waals surface area contributed by atoms with Crippen LogP contribution in [-0.4, -0.2) is 10.2 Å². The third-order valence-corrected chi connectivity index (χ3v) is 6.06. The summed E-state index contributed by atoms with van der Waals surface area (Å²) in [6, 6.07) is 25.5. The van der Waals surface area contributed by atoms with Gasteiger partial charge in [-0.25, -0.2) is 0 Å². The molecular weight excluding hydrogens is 448 g/mol. The van der Waals surface area contributed by atoms with Gasteiger partial charge in [-0.15, -0.1) is 5.10 Å². The van der Waals surface area contributed by atoms with Gasteiger partial charge in [-0.1, -0.05) is 65.7 Å². The fourth-order valence-electron chi connectivity index (χ4n) is 4.02. The Morgan fingerprint density at radius 3 is 2.44 bits per heavy atom. The number of hydrogen-bond acceptors (Lipinski definition) is 5. The van der Waals surface area contributed by atoms with Gasteiger partial charge in [-0.3, -0.25) is 5.10 Å². The maximum absolute atomic E-state index is 9.90. The zero-order chi connectivity index (χ0) is 23.7. The van der Waals surface area contributed by atoms with Gasteiger partial charge >= 0.3 is 0 Å². The highest BCUT2D eigenvalue weighted by Crippen LogP contribution is 2.45. The summed E-state index contributed by atoms with van der Waals surface area (Å²) < 4.78 is 11.6. The highest BCUT2D eigenvalue weighted by Gasteiger charge is 2.35. The van der Waals surface area contributed by atoms with E-state index in [9.17, 15) is 5.26 Å². The first kappa shape index (κ1) is 21.6. The van der Waals surface area contributed by atoms with Crippen molar-refractivity contribution < 1.29 is 9.47 Å². The Bertz CT molecular complexity index is 1400. The molecule has 0 saturated carbocycles. The molecule has 34 heavy (non-hydrogen) atoms. The van der Waals surface area contributed by atoms with Gasteiger partial charge in [0.25, 0.3) is 0 Å². The smallest absolute Gasteiger partial charge is 0.244 e. The average molecular weight is 469 g/mol. The van der Waals surface area contributed by atoms with Crippen LogP contribution in [0.5, 0.6) is 11.6 Å². The lowest BCUT2D eigenvalue weighted by Gasteiger charge is -2.24. The maximum atomic E-state index is 9.90. The molecule has 3 N–H and O–H groups in total. The van der Waals surface area contributed by atoms with Crippen LogP contribution in [0.15, 0.2) is 84.3 Å². The van der Waals surface area contributed by atoms with Crippen LogP contribution < -0.4 is 15.2 Å². The summed E-state index contributed by atoms with van der Waals surface area (Å²) in [6.45, 7) is 2.53. The molecule has 1 aliphatic heterocycles. The highest BCUT2D eigenvalue weighted by atomic mass is 35.5. The van der Waals surface area contributed by atoms with Crippen molar-refractivity contribution in [3.63, 3.8) is 0 Å². The topological polar surface area (TPSA) is 96.9 Å². The number of rotatable bonds is 5. The maximum Gasteiger partial charge on any atom is 0.244 e. The van der Waals surface area contributed by atoms with Gasteiger partial charge in [0, 0.05) is 10.6 Å². The molecule has 0 radical (unpaired) electrons. The van der Waals surface area contributed by atoms with Crippen molar-refractivity contribution in [3.05, 3.63) is 112 Å². The minimum atomic E-state index is -0.440. The summed E-state index contributed by atoms with van der Waals surface area (Å²) in [5, 5.41) is 17.9. The summed E-state index contributed by atoms with van der Waals surface area (Å²) in [4.78, 5) is 0. The molecule has 1 aromatic heterocycles. The van der Waals surface area contributed by atoms with Crippen LogP contribution in [0.1, 0.15) is 28.2 Å². The van der Waals surface area contributed by atoms with E-state index in [0.717, 1.165) is 33.7 Å². The molecule has 0 unspecified atom stereocenters. The second kappa shape index (κ2) is 8.97. The number of benzene rings is 3. The van der Waals surface area contributed by atoms with Gasteiger partial charge < -0.3 is 15.2 Å². The van der Waals surface area contributed by atoms with E-state index in [1.807, 2.05) is 36.4 Å². The van der Waals surface area contributed by atoms with E-state index < -0.39 is 5.92 Å². The number of halogens is 1. The second-order valence-electron chi connectivity index (χ2n) is 8.09. The van der Waals surface area contributed by atoms with E-state index in [1.54, 1.807) is 12.1 Å². The normalized spacial score (nSPS) is 14.8. The van der Waals surface area contributed by atoms with E-state index in [1.165, 1.54) is 5.56 Å². The number of fused-ring (bicyclic) bond motifs is 1. The number of ether oxygens (including phenoxy) is 2. The van der Waals surface area contributed by atoms with Crippen LogP contribution in [-0.2, 0) is 6.61 Å². The number of nitrogens with one attached hydrogen (secondary N) is 1. The molecule has 0 saturated heterocycles. The van der Waals surface area contributed by atoms with E-state index in [-0.39, 0.29) is 5.88 Å². The van der Waals surface area contributed by atoms with Crippen molar-refractivity contribution in [2.75, 3.05) is 0 Å². The monoisotopic (exact) mass is 468 g/mol. The van der Waals surface area contributed by atoms with Crippen LogP contribution in [0, 0.1) is 18.3 Å². The van der Waals surface area contributed by atoms with E-state index in [4.69, 9.17) is 26.8 Å². The molecule has 0 spiro atoms. The first-order chi connectivity index (χ1) is 16.5. The van der Waals surface area contributed by atoms with Gasteiger partial charge in [0.05, 0.1) is 17.2 Å². The van der Waals surface area contributed by atoms with Crippen molar-refractivity contribution >= 4 is 11.6 Å². The van der Waals surface area contributed by atoms with Gasteiger partial charge in [-0.05, 0) is 42.3 Å². The number of aryl methyl sites for hydroxylation is 1. The van der Waals surface area contributed by atoms with Crippen molar-refractivity contribution in [2.45, 2.75) is 19.4 Å². The summed E-state index contributed by atoms with van der Waals surface area (Å²) in [5.74, 6) is 0.696. The third-order valence-electron chi connectivity index (χ3n) is 5.81. The number of nitrogens with two attached hydrogens (primary N) is 1. The standard InChI is InChI=1S/C27H21ClN4O2/c1-16-2-4-17(5-3-16)15-33-21-12-8-18(9-13-21)23-22(14-29)26(30)34-27-24(23)25(31-32-27)19-6-10-20(28)11-7-19/h2-13,23H,15,30H2,1H3,(H,31,32)/t23-/m0/s1. The number of hydrogen-bond donors (Lipinski definition) is 2. The van der Waals surface area contributed by atoms with Gasteiger partial charge in [0.1, 0.15) is 24.0 Å². The van der Waals surface area contributed by atoms with Crippen molar-refractivity contribution in [2.24, 2.45) is 5.73 Å². The fourth-order valence-corrected chi connectivity index (χ4v) is 4.15. The van der Waals surface area contributed by atoms with Gasteiger partial charge in [-0.2, -0.15) is 5.26 Å². The number of allylic oxidation sites excluding steroid dienone is 1. The predicted octanol–water partition coefficient (Wildman–Crippen LogP) is 5.84. The number of nitrogens with zero attached hydrogens (tertiary/aromatic N) is 2. The first-order valence-corrected chi connectivity index (χ1v) is 11.1. The lowest BCUT2D eigenvalue weighted by atomic mass is 9.83. The molecular formula is C27H21ClN4O2. The van der Waals surface area contributed by atoms with Crippen LogP contribution in [0.4, 0.5) is 0 Å². The van der Waals surface area contributed by atoms with E-state index in [0.29, 0.717) is 23.1 Å². The average Bonchev–Trinajstić information content (AvgIpc) is 3.27. The quantitative estimate of drug-likeness (QED) is 0.383. The van der Waals surface area contributed by atoms with Gasteiger partial charge in [0.2, 0.25) is 11.8 Å². The minimum Gasteiger partial charge on any atom is -0.489 e. The van der Waals surface area contributed by atoms with Crippen molar-refractivity contribution in [3.8, 4) is 29.0 Å². The summed E-state index contributed by atoms with van der Waals surface area (Å²) >= 11 is 6.06. The Labute approximate surface area is 202 Å². The number of H-pyrrole nitrogens is 1. The molecule has 1 atom stereocenters. The van der Waals surface area contributed by atoms with Crippen molar-refractivity contribution in [1.29, 1.82) is 5.26 Å². The zero-order valence-corrected chi connectivity index (χ0v) is 19.1. The minimum absolute atomic E-state index is 0.0499. The molecule has 7 heteroatoms. The Morgan fingerprint density at radius 2 is 1.76 bits per heavy atom. The van der Waals surface area contributed by atoms with Crippen LogP contribution in [0.2, 0.25) is 5.02 Å². The number of nitriles is 1. The summed E-state index contributed by atoms with van der Waals surface area (Å²) in [7, 11) is 0. The molecule has 4 aromatic rings. The SMILES string of the molecule is Cc1ccc(COc2ccc([C@H]3C(C#N)=C(N)Oc4n[nH]c(-c5ccc(Cl)cc5)c43)cc2)cc1. The lowest BCUT2D eigenvalue weighted by Crippen LogP contribution is -2.21. The molecule has 0 aliphatic carbocycles. The molecule has 2 heterocycles. The Kier molecular flexibility index (Phi) is 5.70. The molecule has 0 amide bonds. The van der Waals surface area contributed by atoms with Crippen LogP contribution in [0.3, 0.4) is 0 Å². The third kappa shape index (κ3) is 4.09. The Balaban J connectivity index is 1.48. The highest BCUT2D eigenvalue weighted by molar-refractivity contribution is 6.30. The lowest BCUT2D eigenvalue weighted by molar-refractivity contribution is 0.306. The van der Waals surface area contributed by atoms with Crippen LogP contribution in [0.25, 0.3) is 11.3 Å². The largest absolute Gasteiger partial charge is 0.489 e. The molecule has 168 valence electrons.